The summed E-state index contributed by atoms with van der Waals surface area (Å²) in [5.41, 5.74) is -0.590. The second kappa shape index (κ2) is 5.86. The minimum Gasteiger partial charge on any atom is -0.394 e. The van der Waals surface area contributed by atoms with E-state index in [2.05, 4.69) is 5.32 Å². The molecular weight excluding hydrogens is 247 g/mol. The highest BCUT2D eigenvalue weighted by Gasteiger charge is 2.22. The summed E-state index contributed by atoms with van der Waals surface area (Å²) in [6, 6.07) is 0.958. The quantitative estimate of drug-likeness (QED) is 0.813. The Labute approximate surface area is 103 Å². The molecule has 1 aromatic rings. The summed E-state index contributed by atoms with van der Waals surface area (Å²) in [6.07, 6.45) is 0. The number of amides is 1. The molecule has 1 rings (SSSR count). The lowest BCUT2D eigenvalue weighted by molar-refractivity contribution is 0.0891. The van der Waals surface area contributed by atoms with Crippen LogP contribution in [0.5, 0.6) is 0 Å². The minimum absolute atomic E-state index is 0.0766. The molecule has 0 aliphatic rings. The molecule has 0 unspecified atom stereocenters. The van der Waals surface area contributed by atoms with Gasteiger partial charge in [-0.25, -0.2) is 13.2 Å². The van der Waals surface area contributed by atoms with Crippen LogP contribution in [0.4, 0.5) is 13.2 Å². The van der Waals surface area contributed by atoms with Crippen LogP contribution in [-0.2, 0) is 0 Å². The third-order valence-electron chi connectivity index (χ3n) is 2.60. The first-order valence-corrected chi connectivity index (χ1v) is 5.43. The summed E-state index contributed by atoms with van der Waals surface area (Å²) >= 11 is 0. The van der Waals surface area contributed by atoms with Crippen LogP contribution < -0.4 is 5.32 Å². The first-order valence-electron chi connectivity index (χ1n) is 5.43. The van der Waals surface area contributed by atoms with Gasteiger partial charge in [0.05, 0.1) is 18.2 Å². The van der Waals surface area contributed by atoms with Gasteiger partial charge in [-0.2, -0.15) is 0 Å². The monoisotopic (exact) mass is 261 g/mol. The zero-order valence-corrected chi connectivity index (χ0v) is 10.0. The van der Waals surface area contributed by atoms with Gasteiger partial charge in [0.2, 0.25) is 0 Å². The van der Waals surface area contributed by atoms with Crippen LogP contribution in [-0.4, -0.2) is 23.7 Å². The van der Waals surface area contributed by atoms with Crippen LogP contribution in [0.25, 0.3) is 0 Å². The molecule has 0 aliphatic heterocycles. The Bertz CT molecular complexity index is 449. The SMILES string of the molecule is CC(C)[C@@H](CO)NC(=O)c1ccc(F)c(F)c1F. The summed E-state index contributed by atoms with van der Waals surface area (Å²) in [4.78, 5) is 11.7. The van der Waals surface area contributed by atoms with Crippen molar-refractivity contribution in [1.29, 1.82) is 0 Å². The number of halogens is 3. The number of aliphatic hydroxyl groups excluding tert-OH is 1. The van der Waals surface area contributed by atoms with E-state index < -0.39 is 35.0 Å². The van der Waals surface area contributed by atoms with Gasteiger partial charge in [-0.3, -0.25) is 4.79 Å². The molecule has 0 fully saturated rings. The fourth-order valence-electron chi connectivity index (χ4n) is 1.37. The Morgan fingerprint density at radius 1 is 1.28 bits per heavy atom. The second-order valence-electron chi connectivity index (χ2n) is 4.23. The molecule has 0 radical (unpaired) electrons. The van der Waals surface area contributed by atoms with E-state index in [1.807, 2.05) is 0 Å². The lowest BCUT2D eigenvalue weighted by atomic mass is 10.0. The number of carbonyl (C=O) groups excluding carboxylic acids is 1. The maximum absolute atomic E-state index is 13.3. The van der Waals surface area contributed by atoms with Crippen molar-refractivity contribution in [3.05, 3.63) is 35.1 Å². The van der Waals surface area contributed by atoms with Crippen molar-refractivity contribution < 1.29 is 23.1 Å². The highest BCUT2D eigenvalue weighted by atomic mass is 19.2. The molecule has 0 saturated carbocycles. The molecule has 6 heteroatoms. The number of hydrogen-bond acceptors (Lipinski definition) is 2. The number of carbonyl (C=O) groups is 1. The van der Waals surface area contributed by atoms with E-state index in [1.165, 1.54) is 0 Å². The normalized spacial score (nSPS) is 12.6. The van der Waals surface area contributed by atoms with Crippen LogP contribution in [0.3, 0.4) is 0 Å². The molecule has 100 valence electrons. The largest absolute Gasteiger partial charge is 0.394 e. The van der Waals surface area contributed by atoms with Gasteiger partial charge in [-0.1, -0.05) is 13.8 Å². The first-order chi connectivity index (χ1) is 8.38. The summed E-state index contributed by atoms with van der Waals surface area (Å²) in [5.74, 6) is -5.54. The second-order valence-corrected chi connectivity index (χ2v) is 4.23. The molecule has 0 saturated heterocycles. The fraction of sp³-hybridized carbons (Fsp3) is 0.417. The Morgan fingerprint density at radius 2 is 1.89 bits per heavy atom. The summed E-state index contributed by atoms with van der Waals surface area (Å²) in [5, 5.41) is 11.4. The molecule has 2 N–H and O–H groups in total. The van der Waals surface area contributed by atoms with Crippen LogP contribution in [0.2, 0.25) is 0 Å². The number of nitrogens with one attached hydrogen (secondary N) is 1. The van der Waals surface area contributed by atoms with E-state index in [0.717, 1.165) is 6.07 Å². The van der Waals surface area contributed by atoms with E-state index in [-0.39, 0.29) is 12.5 Å². The topological polar surface area (TPSA) is 49.3 Å². The zero-order chi connectivity index (χ0) is 13.9. The third-order valence-corrected chi connectivity index (χ3v) is 2.60. The molecule has 18 heavy (non-hydrogen) atoms. The third kappa shape index (κ3) is 3.01. The molecule has 1 atom stereocenters. The van der Waals surface area contributed by atoms with Crippen molar-refractivity contribution in [2.24, 2.45) is 5.92 Å². The lowest BCUT2D eigenvalue weighted by Crippen LogP contribution is -2.41. The zero-order valence-electron chi connectivity index (χ0n) is 10.0. The Hall–Kier alpha value is -1.56. The molecule has 0 aromatic heterocycles. The van der Waals surface area contributed by atoms with Crippen molar-refractivity contribution >= 4 is 5.91 Å². The molecule has 3 nitrogen and oxygen atoms in total. The van der Waals surface area contributed by atoms with Gasteiger partial charge in [-0.05, 0) is 18.1 Å². The number of rotatable bonds is 4. The average Bonchev–Trinajstić information content (AvgIpc) is 2.32. The highest BCUT2D eigenvalue weighted by molar-refractivity contribution is 5.94. The predicted octanol–water partition coefficient (Wildman–Crippen LogP) is 1.85. The van der Waals surface area contributed by atoms with Crippen LogP contribution in [0, 0.1) is 23.4 Å². The Morgan fingerprint density at radius 3 is 2.39 bits per heavy atom. The maximum Gasteiger partial charge on any atom is 0.254 e. The average molecular weight is 261 g/mol. The van der Waals surface area contributed by atoms with E-state index in [4.69, 9.17) is 5.11 Å². The minimum atomic E-state index is -1.69. The van der Waals surface area contributed by atoms with E-state index in [0.29, 0.717) is 6.07 Å². The standard InChI is InChI=1S/C12H14F3NO2/c1-6(2)9(5-17)16-12(18)7-3-4-8(13)11(15)10(7)14/h3-4,6,9,17H,5H2,1-2H3,(H,16,18)/t9-/m1/s1. The van der Waals surface area contributed by atoms with Crippen LogP contribution in [0.15, 0.2) is 12.1 Å². The van der Waals surface area contributed by atoms with Gasteiger partial charge in [-0.15, -0.1) is 0 Å². The van der Waals surface area contributed by atoms with Crippen LogP contribution >= 0.6 is 0 Å². The van der Waals surface area contributed by atoms with Gasteiger partial charge in [0, 0.05) is 0 Å². The molecule has 1 amide bonds. The molecule has 0 spiro atoms. The van der Waals surface area contributed by atoms with Crippen molar-refractivity contribution in [2.75, 3.05) is 6.61 Å². The molecule has 1 aromatic carbocycles. The summed E-state index contributed by atoms with van der Waals surface area (Å²) in [6.45, 7) is 3.18. The van der Waals surface area contributed by atoms with Gasteiger partial charge >= 0.3 is 0 Å². The van der Waals surface area contributed by atoms with E-state index >= 15 is 0 Å². The number of hydrogen-bond donors (Lipinski definition) is 2. The van der Waals surface area contributed by atoms with Crippen molar-refractivity contribution in [3.8, 4) is 0 Å². The summed E-state index contributed by atoms with van der Waals surface area (Å²) < 4.78 is 39.0. The van der Waals surface area contributed by atoms with E-state index in [1.54, 1.807) is 13.8 Å². The maximum atomic E-state index is 13.3. The summed E-state index contributed by atoms with van der Waals surface area (Å²) in [7, 11) is 0. The first kappa shape index (κ1) is 14.5. The predicted molar refractivity (Wildman–Crippen MR) is 59.5 cm³/mol. The van der Waals surface area contributed by atoms with Gasteiger partial charge in [0.25, 0.3) is 5.91 Å². The van der Waals surface area contributed by atoms with Gasteiger partial charge < -0.3 is 10.4 Å². The Kier molecular flexibility index (Phi) is 4.72. The fourth-order valence-corrected chi connectivity index (χ4v) is 1.37. The van der Waals surface area contributed by atoms with Crippen molar-refractivity contribution in [3.63, 3.8) is 0 Å². The Balaban J connectivity index is 2.95. The van der Waals surface area contributed by atoms with Crippen molar-refractivity contribution in [1.82, 2.24) is 5.32 Å². The van der Waals surface area contributed by atoms with Crippen LogP contribution in [0.1, 0.15) is 24.2 Å². The molecule has 0 heterocycles. The van der Waals surface area contributed by atoms with Crippen molar-refractivity contribution in [2.45, 2.75) is 19.9 Å². The van der Waals surface area contributed by atoms with E-state index in [9.17, 15) is 18.0 Å². The number of benzene rings is 1. The van der Waals surface area contributed by atoms with Gasteiger partial charge in [0.1, 0.15) is 0 Å². The molecule has 0 aliphatic carbocycles. The molecule has 0 bridgehead atoms. The van der Waals surface area contributed by atoms with Gasteiger partial charge in [0.15, 0.2) is 17.5 Å². The smallest absolute Gasteiger partial charge is 0.254 e. The lowest BCUT2D eigenvalue weighted by Gasteiger charge is -2.20. The highest BCUT2D eigenvalue weighted by Crippen LogP contribution is 2.15. The molecular formula is C12H14F3NO2. The number of aliphatic hydroxyl groups is 1.